The number of carbonyl (C=O) groups excluding carboxylic acids is 1. The zero-order valence-electron chi connectivity index (χ0n) is 12.6. The van der Waals surface area contributed by atoms with Gasteiger partial charge >= 0.3 is 6.09 Å². The zero-order valence-corrected chi connectivity index (χ0v) is 12.6. The number of nitrogens with zero attached hydrogens (tertiary/aromatic N) is 2. The van der Waals surface area contributed by atoms with Crippen LogP contribution in [0.1, 0.15) is 37.5 Å². The van der Waals surface area contributed by atoms with Crippen LogP contribution < -0.4 is 5.59 Å². The molecular weight excluding hydrogens is 270 g/mol. The van der Waals surface area contributed by atoms with E-state index in [1.54, 1.807) is 16.7 Å². The fourth-order valence-corrected chi connectivity index (χ4v) is 2.24. The van der Waals surface area contributed by atoms with Gasteiger partial charge in [-0.3, -0.25) is 5.21 Å². The van der Waals surface area contributed by atoms with Crippen molar-refractivity contribution in [3.05, 3.63) is 34.9 Å². The summed E-state index contributed by atoms with van der Waals surface area (Å²) in [7, 11) is 0. The van der Waals surface area contributed by atoms with Crippen molar-refractivity contribution in [1.82, 2.24) is 10.5 Å². The minimum atomic E-state index is -0.477. The van der Waals surface area contributed by atoms with Crippen molar-refractivity contribution in [2.75, 3.05) is 6.54 Å². The summed E-state index contributed by atoms with van der Waals surface area (Å²) >= 11 is 0. The lowest BCUT2D eigenvalue weighted by Gasteiger charge is -2.31. The summed E-state index contributed by atoms with van der Waals surface area (Å²) in [4.78, 5) is 13.8. The van der Waals surface area contributed by atoms with Crippen LogP contribution in [0, 0.1) is 0 Å². The second kappa shape index (κ2) is 6.13. The fourth-order valence-electron chi connectivity index (χ4n) is 2.24. The number of hydrogen-bond donors (Lipinski definition) is 2. The van der Waals surface area contributed by atoms with Gasteiger partial charge in [0, 0.05) is 13.1 Å². The van der Waals surface area contributed by atoms with E-state index in [9.17, 15) is 4.79 Å². The number of hydrogen-bond acceptors (Lipinski definition) is 5. The van der Waals surface area contributed by atoms with E-state index < -0.39 is 5.60 Å². The third-order valence-electron chi connectivity index (χ3n) is 3.17. The first-order chi connectivity index (χ1) is 9.89. The number of benzene rings is 1. The second-order valence-corrected chi connectivity index (χ2v) is 6.04. The van der Waals surface area contributed by atoms with Crippen molar-refractivity contribution in [3.63, 3.8) is 0 Å². The lowest BCUT2D eigenvalue weighted by Crippen LogP contribution is -2.39. The first-order valence-electron chi connectivity index (χ1n) is 6.91. The van der Waals surface area contributed by atoms with E-state index in [1.807, 2.05) is 39.0 Å². The summed E-state index contributed by atoms with van der Waals surface area (Å²) in [6.45, 7) is 6.79. The van der Waals surface area contributed by atoms with Crippen molar-refractivity contribution < 1.29 is 14.7 Å². The van der Waals surface area contributed by atoms with Gasteiger partial charge in [0.25, 0.3) is 0 Å². The van der Waals surface area contributed by atoms with Crippen LogP contribution >= 0.6 is 0 Å². The van der Waals surface area contributed by atoms with E-state index in [-0.39, 0.29) is 6.09 Å². The molecule has 0 bridgehead atoms. The minimum absolute atomic E-state index is 0.275. The Morgan fingerprint density at radius 3 is 2.86 bits per heavy atom. The third-order valence-corrected chi connectivity index (χ3v) is 3.17. The average Bonchev–Trinajstić information content (AvgIpc) is 2.42. The molecule has 0 radical (unpaired) electrons. The maximum atomic E-state index is 12.1. The Morgan fingerprint density at radius 1 is 1.43 bits per heavy atom. The van der Waals surface area contributed by atoms with Crippen molar-refractivity contribution in [3.8, 4) is 0 Å². The molecule has 0 spiro atoms. The van der Waals surface area contributed by atoms with Gasteiger partial charge in [-0.25, -0.2) is 4.79 Å². The molecule has 2 rings (SSSR count). The van der Waals surface area contributed by atoms with Gasteiger partial charge in [-0.05, 0) is 49.9 Å². The molecule has 21 heavy (non-hydrogen) atoms. The first-order valence-corrected chi connectivity index (χ1v) is 6.91. The van der Waals surface area contributed by atoms with Crippen LogP contribution in [0.25, 0.3) is 0 Å². The largest absolute Gasteiger partial charge is 0.444 e. The number of rotatable bonds is 2. The summed E-state index contributed by atoms with van der Waals surface area (Å²) in [6.07, 6.45) is 2.05. The zero-order chi connectivity index (χ0) is 15.5. The molecule has 0 atom stereocenters. The molecule has 2 N–H and O–H groups in total. The number of carbonyl (C=O) groups is 1. The molecule has 1 heterocycles. The van der Waals surface area contributed by atoms with Gasteiger partial charge < -0.3 is 9.64 Å². The van der Waals surface area contributed by atoms with Crippen LogP contribution in [0.5, 0.6) is 0 Å². The maximum absolute atomic E-state index is 12.1. The molecule has 0 saturated carbocycles. The molecular formula is C15H21N3O3. The molecule has 1 aromatic carbocycles. The topological polar surface area (TPSA) is 74.2 Å². The number of ether oxygens (including phenoxy) is 1. The third kappa shape index (κ3) is 4.19. The Hall–Kier alpha value is -2.08. The summed E-state index contributed by atoms with van der Waals surface area (Å²) < 4.78 is 5.40. The summed E-state index contributed by atoms with van der Waals surface area (Å²) in [5, 5.41) is 12.0. The highest BCUT2D eigenvalue weighted by molar-refractivity contribution is 5.80. The predicted octanol–water partition coefficient (Wildman–Crippen LogP) is 2.29. The van der Waals surface area contributed by atoms with Crippen molar-refractivity contribution in [1.29, 1.82) is 0 Å². The van der Waals surface area contributed by atoms with Gasteiger partial charge in [0.1, 0.15) is 5.60 Å². The Bertz CT molecular complexity index is 550. The van der Waals surface area contributed by atoms with E-state index in [0.29, 0.717) is 13.1 Å². The maximum Gasteiger partial charge on any atom is 0.410 e. The van der Waals surface area contributed by atoms with Gasteiger partial charge in [0.15, 0.2) is 0 Å². The SMILES string of the molecule is CC(C)(C)OC(=O)N1CCc2cc(/C=N\NO)ccc2C1. The Morgan fingerprint density at radius 2 is 2.19 bits per heavy atom. The number of fused-ring (bicyclic) bond motifs is 1. The summed E-state index contributed by atoms with van der Waals surface area (Å²) in [6, 6.07) is 5.89. The van der Waals surface area contributed by atoms with Crippen LogP contribution in [0.15, 0.2) is 23.3 Å². The van der Waals surface area contributed by atoms with Gasteiger partial charge in [0.2, 0.25) is 0 Å². The molecule has 0 aliphatic carbocycles. The molecule has 114 valence electrons. The van der Waals surface area contributed by atoms with E-state index in [1.165, 1.54) is 5.56 Å². The highest BCUT2D eigenvalue weighted by Crippen LogP contribution is 2.21. The molecule has 0 aromatic heterocycles. The Balaban J connectivity index is 2.07. The predicted molar refractivity (Wildman–Crippen MR) is 79.3 cm³/mol. The Labute approximate surface area is 124 Å². The van der Waals surface area contributed by atoms with Gasteiger partial charge in [0.05, 0.1) is 6.21 Å². The van der Waals surface area contributed by atoms with E-state index in [0.717, 1.165) is 17.5 Å². The molecule has 1 aromatic rings. The Kier molecular flexibility index (Phi) is 4.47. The number of amides is 1. The van der Waals surface area contributed by atoms with Gasteiger partial charge in [-0.1, -0.05) is 12.1 Å². The van der Waals surface area contributed by atoms with E-state index in [2.05, 4.69) is 5.10 Å². The van der Waals surface area contributed by atoms with Crippen LogP contribution in [0.3, 0.4) is 0 Å². The number of nitrogens with one attached hydrogen (secondary N) is 1. The van der Waals surface area contributed by atoms with Gasteiger partial charge in [-0.15, -0.1) is 0 Å². The summed E-state index contributed by atoms with van der Waals surface area (Å²) in [5.41, 5.74) is 4.47. The second-order valence-electron chi connectivity index (χ2n) is 6.04. The monoisotopic (exact) mass is 291 g/mol. The van der Waals surface area contributed by atoms with Crippen molar-refractivity contribution >= 4 is 12.3 Å². The quantitative estimate of drug-likeness (QED) is 0.647. The smallest absolute Gasteiger partial charge is 0.410 e. The number of hydrazone groups is 1. The normalized spacial score (nSPS) is 15.0. The lowest BCUT2D eigenvalue weighted by molar-refractivity contribution is 0.0224. The lowest BCUT2D eigenvalue weighted by atomic mass is 9.98. The molecule has 0 fully saturated rings. The van der Waals surface area contributed by atoms with E-state index >= 15 is 0 Å². The minimum Gasteiger partial charge on any atom is -0.444 e. The molecule has 0 saturated heterocycles. The fraction of sp³-hybridized carbons (Fsp3) is 0.467. The molecule has 1 aliphatic heterocycles. The van der Waals surface area contributed by atoms with E-state index in [4.69, 9.17) is 9.94 Å². The van der Waals surface area contributed by atoms with Gasteiger partial charge in [-0.2, -0.15) is 10.7 Å². The molecule has 6 heteroatoms. The van der Waals surface area contributed by atoms with Crippen molar-refractivity contribution in [2.45, 2.75) is 39.3 Å². The van der Waals surface area contributed by atoms with Crippen LogP contribution in [0.4, 0.5) is 4.79 Å². The average molecular weight is 291 g/mol. The molecule has 0 unspecified atom stereocenters. The highest BCUT2D eigenvalue weighted by atomic mass is 16.6. The molecule has 1 aliphatic rings. The van der Waals surface area contributed by atoms with Crippen molar-refractivity contribution in [2.24, 2.45) is 5.10 Å². The standard InChI is InChI=1S/C15H21N3O3/c1-15(2,3)21-14(19)18-7-6-12-8-11(9-16-17-20)4-5-13(12)10-18/h4-5,8-9,17,20H,6-7,10H2,1-3H3/b16-9-. The highest BCUT2D eigenvalue weighted by Gasteiger charge is 2.25. The van der Waals surface area contributed by atoms with Crippen LogP contribution in [0.2, 0.25) is 0 Å². The molecule has 1 amide bonds. The van der Waals surface area contributed by atoms with Crippen LogP contribution in [-0.2, 0) is 17.7 Å². The summed E-state index contributed by atoms with van der Waals surface area (Å²) in [5.74, 6) is 0. The first kappa shape index (κ1) is 15.3. The van der Waals surface area contributed by atoms with Crippen LogP contribution in [-0.4, -0.2) is 34.6 Å². The molecule has 6 nitrogen and oxygen atoms in total.